The Morgan fingerprint density at radius 2 is 1.88 bits per heavy atom. The van der Waals surface area contributed by atoms with E-state index in [9.17, 15) is 9.18 Å². The molecule has 128 valence electrons. The Bertz CT molecular complexity index is 831. The summed E-state index contributed by atoms with van der Waals surface area (Å²) < 4.78 is 20.1. The number of para-hydroxylation sites is 1. The standard InChI is InChI=1S/C19H18FN3O2/c1-22(11-12-25-18-5-3-2-4-6-18)19(24)15-13-21-23(14-15)17-9-7-16(20)8-10-17/h2-10,13-14H,11-12H2,1H3. The molecule has 0 radical (unpaired) electrons. The average Bonchev–Trinajstić information content (AvgIpc) is 3.12. The number of amides is 1. The summed E-state index contributed by atoms with van der Waals surface area (Å²) in [5.74, 6) is 0.308. The first-order valence-electron chi connectivity index (χ1n) is 7.87. The Balaban J connectivity index is 1.58. The van der Waals surface area contributed by atoms with Gasteiger partial charge in [0.25, 0.3) is 5.91 Å². The number of carbonyl (C=O) groups is 1. The van der Waals surface area contributed by atoms with Crippen LogP contribution >= 0.6 is 0 Å². The lowest BCUT2D eigenvalue weighted by atomic mass is 10.3. The van der Waals surface area contributed by atoms with Crippen molar-refractivity contribution in [3.63, 3.8) is 0 Å². The van der Waals surface area contributed by atoms with Crippen LogP contribution in [0.3, 0.4) is 0 Å². The molecule has 0 atom stereocenters. The molecule has 0 aliphatic carbocycles. The molecule has 1 aromatic heterocycles. The first kappa shape index (κ1) is 16.7. The van der Waals surface area contributed by atoms with Crippen LogP contribution in [0.5, 0.6) is 5.75 Å². The molecule has 3 aromatic rings. The second-order valence-corrected chi connectivity index (χ2v) is 5.54. The highest BCUT2D eigenvalue weighted by Crippen LogP contribution is 2.11. The van der Waals surface area contributed by atoms with Crippen molar-refractivity contribution in [2.24, 2.45) is 0 Å². The highest BCUT2D eigenvalue weighted by molar-refractivity contribution is 5.93. The zero-order chi connectivity index (χ0) is 17.6. The fraction of sp³-hybridized carbons (Fsp3) is 0.158. The number of rotatable bonds is 6. The van der Waals surface area contributed by atoms with Gasteiger partial charge in [-0.2, -0.15) is 5.10 Å². The van der Waals surface area contributed by atoms with Crippen LogP contribution in [0.15, 0.2) is 67.0 Å². The van der Waals surface area contributed by atoms with Crippen LogP contribution < -0.4 is 4.74 Å². The van der Waals surface area contributed by atoms with Crippen LogP contribution in [0.4, 0.5) is 4.39 Å². The van der Waals surface area contributed by atoms with Crippen molar-refractivity contribution >= 4 is 5.91 Å². The maximum absolute atomic E-state index is 13.0. The molecule has 0 saturated carbocycles. The zero-order valence-electron chi connectivity index (χ0n) is 13.8. The van der Waals surface area contributed by atoms with Crippen LogP contribution in [0.1, 0.15) is 10.4 Å². The number of hydrogen-bond acceptors (Lipinski definition) is 3. The molecule has 0 N–H and O–H groups in total. The SMILES string of the molecule is CN(CCOc1ccccc1)C(=O)c1cnn(-c2ccc(F)cc2)c1. The van der Waals surface area contributed by atoms with E-state index in [1.54, 1.807) is 35.0 Å². The highest BCUT2D eigenvalue weighted by atomic mass is 19.1. The van der Waals surface area contributed by atoms with Gasteiger partial charge in [0.1, 0.15) is 18.2 Å². The second kappa shape index (κ2) is 7.61. The number of carbonyl (C=O) groups excluding carboxylic acids is 1. The largest absolute Gasteiger partial charge is 0.492 e. The number of likely N-dealkylation sites (N-methyl/N-ethyl adjacent to an activating group) is 1. The van der Waals surface area contributed by atoms with Gasteiger partial charge in [-0.1, -0.05) is 18.2 Å². The van der Waals surface area contributed by atoms with Crippen molar-refractivity contribution in [1.82, 2.24) is 14.7 Å². The summed E-state index contributed by atoms with van der Waals surface area (Å²) in [6.07, 6.45) is 3.13. The lowest BCUT2D eigenvalue weighted by Gasteiger charge is -2.16. The summed E-state index contributed by atoms with van der Waals surface area (Å²) in [6.45, 7) is 0.855. The molecule has 0 aliphatic heterocycles. The first-order valence-corrected chi connectivity index (χ1v) is 7.87. The van der Waals surface area contributed by atoms with Gasteiger partial charge in [0.2, 0.25) is 0 Å². The summed E-state index contributed by atoms with van der Waals surface area (Å²) in [6, 6.07) is 15.4. The Morgan fingerprint density at radius 3 is 2.60 bits per heavy atom. The molecule has 3 rings (SSSR count). The summed E-state index contributed by atoms with van der Waals surface area (Å²) in [4.78, 5) is 14.0. The van der Waals surface area contributed by atoms with E-state index < -0.39 is 0 Å². The molecule has 0 fully saturated rings. The lowest BCUT2D eigenvalue weighted by Crippen LogP contribution is -2.30. The number of benzene rings is 2. The minimum Gasteiger partial charge on any atom is -0.492 e. The molecule has 5 nitrogen and oxygen atoms in total. The third-order valence-electron chi connectivity index (χ3n) is 3.71. The van der Waals surface area contributed by atoms with E-state index in [-0.39, 0.29) is 11.7 Å². The molecule has 0 unspecified atom stereocenters. The molecule has 2 aromatic carbocycles. The topological polar surface area (TPSA) is 47.4 Å². The van der Waals surface area contributed by atoms with Gasteiger partial charge in [-0.3, -0.25) is 4.79 Å². The molecule has 25 heavy (non-hydrogen) atoms. The molecule has 1 heterocycles. The maximum atomic E-state index is 13.0. The summed E-state index contributed by atoms with van der Waals surface area (Å²) in [5.41, 5.74) is 1.15. The van der Waals surface area contributed by atoms with E-state index in [1.807, 2.05) is 30.3 Å². The van der Waals surface area contributed by atoms with Crippen molar-refractivity contribution in [2.75, 3.05) is 20.2 Å². The van der Waals surface area contributed by atoms with Crippen molar-refractivity contribution in [1.29, 1.82) is 0 Å². The third kappa shape index (κ3) is 4.23. The van der Waals surface area contributed by atoms with Gasteiger partial charge in [-0.25, -0.2) is 9.07 Å². The molecule has 0 bridgehead atoms. The predicted octanol–water partition coefficient (Wildman–Crippen LogP) is 3.16. The molecule has 0 saturated heterocycles. The summed E-state index contributed by atoms with van der Waals surface area (Å²) >= 11 is 0. The minimum absolute atomic E-state index is 0.148. The number of hydrogen-bond donors (Lipinski definition) is 0. The zero-order valence-corrected chi connectivity index (χ0v) is 13.8. The van der Waals surface area contributed by atoms with Crippen molar-refractivity contribution in [3.05, 3.63) is 78.4 Å². The van der Waals surface area contributed by atoms with Crippen molar-refractivity contribution in [3.8, 4) is 11.4 Å². The van der Waals surface area contributed by atoms with Gasteiger partial charge >= 0.3 is 0 Å². The molecular weight excluding hydrogens is 321 g/mol. The van der Waals surface area contributed by atoms with Crippen LogP contribution in [0.2, 0.25) is 0 Å². The van der Waals surface area contributed by atoms with Gasteiger partial charge in [0, 0.05) is 13.2 Å². The molecule has 1 amide bonds. The van der Waals surface area contributed by atoms with Gasteiger partial charge in [0.15, 0.2) is 0 Å². The Morgan fingerprint density at radius 1 is 1.16 bits per heavy atom. The minimum atomic E-state index is -0.314. The first-order chi connectivity index (χ1) is 12.1. The van der Waals surface area contributed by atoms with E-state index >= 15 is 0 Å². The Kier molecular flexibility index (Phi) is 5.09. The van der Waals surface area contributed by atoms with E-state index in [0.29, 0.717) is 24.4 Å². The van der Waals surface area contributed by atoms with Gasteiger partial charge in [0.05, 0.1) is 24.0 Å². The van der Waals surface area contributed by atoms with Crippen molar-refractivity contribution < 1.29 is 13.9 Å². The van der Waals surface area contributed by atoms with E-state index in [0.717, 1.165) is 5.75 Å². The fourth-order valence-electron chi connectivity index (χ4n) is 2.31. The number of halogens is 1. The van der Waals surface area contributed by atoms with Crippen LogP contribution in [-0.2, 0) is 0 Å². The quantitative estimate of drug-likeness (QED) is 0.693. The Labute approximate surface area is 145 Å². The van der Waals surface area contributed by atoms with Gasteiger partial charge in [-0.05, 0) is 36.4 Å². The molecular formula is C19H18FN3O2. The molecule has 0 spiro atoms. The number of aromatic nitrogens is 2. The second-order valence-electron chi connectivity index (χ2n) is 5.54. The lowest BCUT2D eigenvalue weighted by molar-refractivity contribution is 0.0774. The molecule has 0 aliphatic rings. The van der Waals surface area contributed by atoms with Gasteiger partial charge < -0.3 is 9.64 Å². The van der Waals surface area contributed by atoms with Crippen molar-refractivity contribution in [2.45, 2.75) is 0 Å². The monoisotopic (exact) mass is 339 g/mol. The van der Waals surface area contributed by atoms with Gasteiger partial charge in [-0.15, -0.1) is 0 Å². The predicted molar refractivity (Wildman–Crippen MR) is 92.4 cm³/mol. The summed E-state index contributed by atoms with van der Waals surface area (Å²) in [7, 11) is 1.71. The van der Waals surface area contributed by atoms with Crippen LogP contribution in [0, 0.1) is 5.82 Å². The smallest absolute Gasteiger partial charge is 0.256 e. The van der Waals surface area contributed by atoms with Crippen LogP contribution in [0.25, 0.3) is 5.69 Å². The summed E-state index contributed by atoms with van der Waals surface area (Å²) in [5, 5.41) is 4.16. The van der Waals surface area contributed by atoms with E-state index in [2.05, 4.69) is 5.10 Å². The Hall–Kier alpha value is -3.15. The van der Waals surface area contributed by atoms with E-state index in [4.69, 9.17) is 4.74 Å². The fourth-order valence-corrected chi connectivity index (χ4v) is 2.31. The number of nitrogens with zero attached hydrogens (tertiary/aromatic N) is 3. The normalized spacial score (nSPS) is 10.5. The maximum Gasteiger partial charge on any atom is 0.256 e. The third-order valence-corrected chi connectivity index (χ3v) is 3.71. The van der Waals surface area contributed by atoms with E-state index in [1.165, 1.54) is 18.3 Å². The number of ether oxygens (including phenoxy) is 1. The highest BCUT2D eigenvalue weighted by Gasteiger charge is 2.14. The average molecular weight is 339 g/mol. The molecule has 6 heteroatoms. The van der Waals surface area contributed by atoms with Crippen LogP contribution in [-0.4, -0.2) is 40.8 Å².